The van der Waals surface area contributed by atoms with E-state index >= 15 is 0 Å². The third-order valence-corrected chi connectivity index (χ3v) is 3.75. The van der Waals surface area contributed by atoms with Gasteiger partial charge in [0.15, 0.2) is 11.5 Å². The molecule has 98 valence electrons. The Hall–Kier alpha value is -1.37. The molecule has 2 rings (SSSR count). The molecule has 6 heteroatoms. The number of anilines is 1. The van der Waals surface area contributed by atoms with Gasteiger partial charge in [0.05, 0.1) is 13.2 Å². The van der Waals surface area contributed by atoms with Gasteiger partial charge in [-0.3, -0.25) is 4.79 Å². The Morgan fingerprint density at radius 2 is 2.00 bits per heavy atom. The summed E-state index contributed by atoms with van der Waals surface area (Å²) in [5.41, 5.74) is 1.41. The van der Waals surface area contributed by atoms with Gasteiger partial charge in [-0.05, 0) is 12.3 Å². The van der Waals surface area contributed by atoms with Crippen LogP contribution in [0.15, 0.2) is 20.7 Å². The molecule has 18 heavy (non-hydrogen) atoms. The maximum Gasteiger partial charge on any atom is 0.204 e. The zero-order valence-corrected chi connectivity index (χ0v) is 10.9. The lowest BCUT2D eigenvalue weighted by atomic mass is 10.3. The molecule has 0 unspecified atom stereocenters. The number of rotatable bonds is 5. The van der Waals surface area contributed by atoms with Gasteiger partial charge in [0.25, 0.3) is 0 Å². The normalized spacial score (nSPS) is 11.1. The van der Waals surface area contributed by atoms with Crippen LogP contribution in [0.1, 0.15) is 5.56 Å². The van der Waals surface area contributed by atoms with Crippen molar-refractivity contribution in [3.8, 4) is 0 Å². The van der Waals surface area contributed by atoms with Crippen LogP contribution < -0.4 is 10.3 Å². The molecule has 0 bridgehead atoms. The first kappa shape index (κ1) is 13.1. The largest absolute Gasteiger partial charge is 0.439 e. The molecule has 2 N–H and O–H groups in total. The predicted octanol–water partition coefficient (Wildman–Crippen LogP) is 0.954. The summed E-state index contributed by atoms with van der Waals surface area (Å²) in [5.74, 6) is 0.386. The maximum atomic E-state index is 11.9. The number of fused-ring (bicyclic) bond motifs is 1. The molecule has 2 aromatic heterocycles. The van der Waals surface area contributed by atoms with Crippen molar-refractivity contribution in [2.24, 2.45) is 0 Å². The minimum absolute atomic E-state index is 0.0651. The van der Waals surface area contributed by atoms with E-state index in [0.717, 1.165) is 5.56 Å². The van der Waals surface area contributed by atoms with Crippen LogP contribution in [0.4, 0.5) is 5.88 Å². The Morgan fingerprint density at radius 1 is 1.33 bits per heavy atom. The van der Waals surface area contributed by atoms with E-state index in [-0.39, 0.29) is 18.6 Å². The molecule has 2 aromatic rings. The third kappa shape index (κ3) is 2.40. The Balaban J connectivity index is 2.49. The summed E-state index contributed by atoms with van der Waals surface area (Å²) in [7, 11) is 0. The standard InChI is InChI=1S/C12H15NO4S/c1-8-7-18-12-9(16)6-10(17-11(8)12)13(2-4-14)3-5-15/h6-7,14-15H,2-5H2,1H3. The summed E-state index contributed by atoms with van der Waals surface area (Å²) < 4.78 is 6.30. The zero-order chi connectivity index (χ0) is 13.1. The van der Waals surface area contributed by atoms with Crippen molar-refractivity contribution < 1.29 is 14.6 Å². The van der Waals surface area contributed by atoms with Crippen molar-refractivity contribution in [2.75, 3.05) is 31.2 Å². The molecule has 0 atom stereocenters. The Kier molecular flexibility index (Phi) is 4.00. The predicted molar refractivity (Wildman–Crippen MR) is 71.5 cm³/mol. The van der Waals surface area contributed by atoms with Crippen LogP contribution in [-0.4, -0.2) is 36.5 Å². The van der Waals surface area contributed by atoms with Gasteiger partial charge in [-0.2, -0.15) is 0 Å². The van der Waals surface area contributed by atoms with Gasteiger partial charge in [-0.15, -0.1) is 11.3 Å². The number of thiophene rings is 1. The molecule has 0 aliphatic heterocycles. The average Bonchev–Trinajstić information content (AvgIpc) is 2.72. The van der Waals surface area contributed by atoms with Crippen LogP contribution in [0.3, 0.4) is 0 Å². The van der Waals surface area contributed by atoms with E-state index in [2.05, 4.69) is 0 Å². The number of aliphatic hydroxyl groups excluding tert-OH is 2. The molecule has 0 aliphatic rings. The van der Waals surface area contributed by atoms with Gasteiger partial charge < -0.3 is 19.5 Å². The second-order valence-corrected chi connectivity index (χ2v) is 4.84. The van der Waals surface area contributed by atoms with Crippen LogP contribution in [0.25, 0.3) is 10.3 Å². The van der Waals surface area contributed by atoms with Gasteiger partial charge >= 0.3 is 0 Å². The molecule has 2 heterocycles. The molecular formula is C12H15NO4S. The van der Waals surface area contributed by atoms with E-state index in [1.807, 2.05) is 12.3 Å². The van der Waals surface area contributed by atoms with Gasteiger partial charge in [-0.1, -0.05) is 0 Å². The first-order valence-corrected chi connectivity index (χ1v) is 6.54. The highest BCUT2D eigenvalue weighted by Crippen LogP contribution is 2.26. The SMILES string of the molecule is Cc1csc2c(=O)cc(N(CCO)CCO)oc12. The highest BCUT2D eigenvalue weighted by molar-refractivity contribution is 7.17. The summed E-state index contributed by atoms with van der Waals surface area (Å²) in [6.45, 7) is 2.39. The first-order chi connectivity index (χ1) is 8.67. The average molecular weight is 269 g/mol. The number of hydrogen-bond acceptors (Lipinski definition) is 6. The van der Waals surface area contributed by atoms with Crippen LogP contribution in [0.2, 0.25) is 0 Å². The van der Waals surface area contributed by atoms with Crippen molar-refractivity contribution in [2.45, 2.75) is 6.92 Å². The van der Waals surface area contributed by atoms with Crippen LogP contribution in [-0.2, 0) is 0 Å². The minimum atomic E-state index is -0.0924. The molecule has 0 aliphatic carbocycles. The lowest BCUT2D eigenvalue weighted by Gasteiger charge is -2.20. The van der Waals surface area contributed by atoms with Crippen LogP contribution in [0.5, 0.6) is 0 Å². The summed E-state index contributed by atoms with van der Waals surface area (Å²) in [6.07, 6.45) is 0. The highest BCUT2D eigenvalue weighted by atomic mass is 32.1. The lowest BCUT2D eigenvalue weighted by molar-refractivity contribution is 0.277. The number of aliphatic hydroxyl groups is 2. The highest BCUT2D eigenvalue weighted by Gasteiger charge is 2.13. The fourth-order valence-electron chi connectivity index (χ4n) is 1.77. The van der Waals surface area contributed by atoms with Gasteiger partial charge in [0.2, 0.25) is 5.43 Å². The Bertz CT molecular complexity index is 583. The molecular weight excluding hydrogens is 254 g/mol. The van der Waals surface area contributed by atoms with Crippen molar-refractivity contribution in [3.63, 3.8) is 0 Å². The van der Waals surface area contributed by atoms with E-state index in [0.29, 0.717) is 29.3 Å². The summed E-state index contributed by atoms with van der Waals surface area (Å²) in [4.78, 5) is 13.6. The summed E-state index contributed by atoms with van der Waals surface area (Å²) in [5, 5.41) is 19.8. The molecule has 0 spiro atoms. The zero-order valence-electron chi connectivity index (χ0n) is 10.0. The van der Waals surface area contributed by atoms with Crippen LogP contribution in [0, 0.1) is 6.92 Å². The van der Waals surface area contributed by atoms with E-state index in [9.17, 15) is 4.79 Å². The molecule has 0 aromatic carbocycles. The Labute approximate surface area is 108 Å². The smallest absolute Gasteiger partial charge is 0.204 e. The lowest BCUT2D eigenvalue weighted by Crippen LogP contribution is -2.30. The molecule has 0 saturated carbocycles. The van der Waals surface area contributed by atoms with Gasteiger partial charge in [0, 0.05) is 24.7 Å². The molecule has 0 saturated heterocycles. The van der Waals surface area contributed by atoms with Crippen molar-refractivity contribution in [1.29, 1.82) is 0 Å². The monoisotopic (exact) mass is 269 g/mol. The molecule has 0 amide bonds. The number of nitrogens with zero attached hydrogens (tertiary/aromatic N) is 1. The summed E-state index contributed by atoms with van der Waals surface area (Å²) >= 11 is 1.36. The number of aryl methyl sites for hydroxylation is 1. The van der Waals surface area contributed by atoms with E-state index in [4.69, 9.17) is 14.6 Å². The van der Waals surface area contributed by atoms with E-state index in [1.165, 1.54) is 17.4 Å². The molecule has 0 fully saturated rings. The number of hydrogen-bond donors (Lipinski definition) is 2. The third-order valence-electron chi connectivity index (χ3n) is 2.65. The second kappa shape index (κ2) is 5.51. The van der Waals surface area contributed by atoms with Crippen LogP contribution >= 0.6 is 11.3 Å². The van der Waals surface area contributed by atoms with Crippen molar-refractivity contribution in [3.05, 3.63) is 27.2 Å². The fourth-order valence-corrected chi connectivity index (χ4v) is 2.66. The first-order valence-electron chi connectivity index (χ1n) is 5.66. The second-order valence-electron chi connectivity index (χ2n) is 3.96. The Morgan fingerprint density at radius 3 is 2.61 bits per heavy atom. The van der Waals surface area contributed by atoms with Crippen molar-refractivity contribution in [1.82, 2.24) is 0 Å². The van der Waals surface area contributed by atoms with Gasteiger partial charge in [0.1, 0.15) is 4.70 Å². The quantitative estimate of drug-likeness (QED) is 0.845. The van der Waals surface area contributed by atoms with E-state index in [1.54, 1.807) is 4.90 Å². The van der Waals surface area contributed by atoms with Crippen molar-refractivity contribution >= 4 is 27.5 Å². The maximum absolute atomic E-state index is 11.9. The van der Waals surface area contributed by atoms with Gasteiger partial charge in [-0.25, -0.2) is 0 Å². The summed E-state index contributed by atoms with van der Waals surface area (Å²) in [6, 6.07) is 1.41. The molecule has 5 nitrogen and oxygen atoms in total. The topological polar surface area (TPSA) is 73.9 Å². The van der Waals surface area contributed by atoms with E-state index < -0.39 is 0 Å². The molecule has 0 radical (unpaired) electrons. The minimum Gasteiger partial charge on any atom is -0.439 e. The fraction of sp³-hybridized carbons (Fsp3) is 0.417.